The van der Waals surface area contributed by atoms with Crippen molar-refractivity contribution >= 4 is 17.5 Å². The van der Waals surface area contributed by atoms with Gasteiger partial charge in [0.25, 0.3) is 5.91 Å². The van der Waals surface area contributed by atoms with Gasteiger partial charge < -0.3 is 20.5 Å². The molecule has 1 saturated carbocycles. The number of pyridine rings is 2. The summed E-state index contributed by atoms with van der Waals surface area (Å²) in [5, 5.41) is 28.9. The predicted molar refractivity (Wildman–Crippen MR) is 162 cm³/mol. The minimum absolute atomic E-state index is 0.123. The number of H-pyrrole nitrogens is 1. The maximum atomic E-state index is 13.7. The van der Waals surface area contributed by atoms with Crippen LogP contribution in [0, 0.1) is 12.7 Å². The van der Waals surface area contributed by atoms with Gasteiger partial charge in [-0.25, -0.2) is 19.0 Å². The molecule has 2 atom stereocenters. The number of aryl methyl sites for hydroxylation is 1. The number of rotatable bonds is 8. The smallest absolute Gasteiger partial charge is 0.252 e. The molecule has 0 bridgehead atoms. The number of carbonyl (C=O) groups is 1. The summed E-state index contributed by atoms with van der Waals surface area (Å²) in [7, 11) is 1.60. The largest absolute Gasteiger partial charge is 0.385 e. The highest BCUT2D eigenvalue weighted by atomic mass is 19.1. The Morgan fingerprint density at radius 2 is 2.00 bits per heavy atom. The zero-order chi connectivity index (χ0) is 31.1. The Hall–Kier alpha value is -4.16. The molecule has 0 aliphatic heterocycles. The van der Waals surface area contributed by atoms with Gasteiger partial charge in [-0.1, -0.05) is 6.07 Å². The number of aliphatic hydroxyl groups is 1. The van der Waals surface area contributed by atoms with Crippen LogP contribution < -0.4 is 10.6 Å². The lowest BCUT2D eigenvalue weighted by Crippen LogP contribution is -2.51. The van der Waals surface area contributed by atoms with E-state index in [1.807, 2.05) is 39.0 Å². The molecule has 4 N–H and O–H groups in total. The Kier molecular flexibility index (Phi) is 7.97. The van der Waals surface area contributed by atoms with Gasteiger partial charge in [0.2, 0.25) is 0 Å². The molecule has 11 nitrogen and oxygen atoms in total. The van der Waals surface area contributed by atoms with Gasteiger partial charge in [0.1, 0.15) is 11.4 Å². The van der Waals surface area contributed by atoms with Crippen molar-refractivity contribution in [3.05, 3.63) is 76.8 Å². The van der Waals surface area contributed by atoms with E-state index in [0.717, 1.165) is 60.0 Å². The summed E-state index contributed by atoms with van der Waals surface area (Å²) in [6, 6.07) is 7.14. The molecule has 2 aliphatic carbocycles. The van der Waals surface area contributed by atoms with Crippen molar-refractivity contribution in [1.29, 1.82) is 0 Å². The van der Waals surface area contributed by atoms with Crippen LogP contribution in [0.15, 0.2) is 42.9 Å². The van der Waals surface area contributed by atoms with Crippen LogP contribution in [0.4, 0.5) is 16.0 Å². The maximum Gasteiger partial charge on any atom is 0.252 e. The highest BCUT2D eigenvalue weighted by Crippen LogP contribution is 2.45. The topological polar surface area (TPSA) is 143 Å². The Morgan fingerprint density at radius 3 is 2.64 bits per heavy atom. The Labute approximate surface area is 255 Å². The summed E-state index contributed by atoms with van der Waals surface area (Å²) in [6.07, 6.45) is 9.01. The number of methoxy groups -OCH3 is 1. The van der Waals surface area contributed by atoms with Crippen molar-refractivity contribution in [2.24, 2.45) is 0 Å². The van der Waals surface area contributed by atoms with Crippen LogP contribution in [-0.2, 0) is 21.6 Å². The van der Waals surface area contributed by atoms with Crippen LogP contribution in [0.5, 0.6) is 0 Å². The molecule has 1 amide bonds. The van der Waals surface area contributed by atoms with Gasteiger partial charge >= 0.3 is 0 Å². The fraction of sp³-hybridized carbons (Fsp3) is 0.469. The van der Waals surface area contributed by atoms with Crippen molar-refractivity contribution in [2.45, 2.75) is 88.9 Å². The molecule has 0 aromatic carbocycles. The highest BCUT2D eigenvalue weighted by Gasteiger charge is 2.44. The molecule has 232 valence electrons. The second-order valence-electron chi connectivity index (χ2n) is 12.3. The second-order valence-corrected chi connectivity index (χ2v) is 12.3. The normalized spacial score (nSPS) is 24.0. The molecule has 6 rings (SSSR count). The molecule has 4 aromatic heterocycles. The number of hydrogen-bond donors (Lipinski definition) is 4. The number of hydrogen-bond acceptors (Lipinski definition) is 8. The standard InChI is InChI=1S/C32H39FN8O3/c1-19-14-27(40-39-19)37-26-15-25-24(6-5-11-31(25,3)43)29(38-26)21-9-12-32(44-4,13-10-21)30(42)36-20(2)22-7-8-28(34-16-22)41-18-23(33)17-35-41/h7-8,14-18,20-21,43H,5-6,9-13H2,1-4H3,(H,36,42)(H2,37,38,39,40)/t20-,21?,31?,32?/m0/s1. The van der Waals surface area contributed by atoms with E-state index in [1.54, 1.807) is 19.4 Å². The van der Waals surface area contributed by atoms with Crippen LogP contribution >= 0.6 is 0 Å². The van der Waals surface area contributed by atoms with E-state index in [4.69, 9.17) is 9.72 Å². The lowest BCUT2D eigenvalue weighted by molar-refractivity contribution is -0.148. The van der Waals surface area contributed by atoms with E-state index in [2.05, 4.69) is 30.9 Å². The third kappa shape index (κ3) is 5.83. The monoisotopic (exact) mass is 602 g/mol. The molecule has 0 radical (unpaired) electrons. The number of aromatic amines is 1. The fourth-order valence-electron chi connectivity index (χ4n) is 6.60. The van der Waals surface area contributed by atoms with E-state index in [0.29, 0.717) is 36.7 Å². The molecule has 12 heteroatoms. The number of anilines is 2. The third-order valence-corrected chi connectivity index (χ3v) is 9.18. The van der Waals surface area contributed by atoms with Crippen molar-refractivity contribution in [3.8, 4) is 5.82 Å². The average Bonchev–Trinajstić information content (AvgIpc) is 3.64. The molecule has 0 spiro atoms. The Bertz CT molecular complexity index is 1640. The molecule has 1 fully saturated rings. The van der Waals surface area contributed by atoms with Crippen molar-refractivity contribution in [1.82, 2.24) is 35.3 Å². The first-order valence-corrected chi connectivity index (χ1v) is 15.2. The SMILES string of the molecule is COC1(C(=O)N[C@@H](C)c2ccc(-n3cc(F)cn3)nc2)CCC(c2nc(Nc3cc(C)[nH]n3)cc3c2CCCC3(C)O)CC1. The van der Waals surface area contributed by atoms with Crippen molar-refractivity contribution in [3.63, 3.8) is 0 Å². The molecular formula is C32H39FN8O3. The molecule has 44 heavy (non-hydrogen) atoms. The van der Waals surface area contributed by atoms with Crippen LogP contribution in [0.25, 0.3) is 5.82 Å². The zero-order valence-electron chi connectivity index (χ0n) is 25.5. The zero-order valence-corrected chi connectivity index (χ0v) is 25.5. The van der Waals surface area contributed by atoms with Crippen molar-refractivity contribution in [2.75, 3.05) is 12.4 Å². The number of halogens is 1. The first-order valence-electron chi connectivity index (χ1n) is 15.2. The Morgan fingerprint density at radius 1 is 1.20 bits per heavy atom. The van der Waals surface area contributed by atoms with E-state index in [9.17, 15) is 14.3 Å². The van der Waals surface area contributed by atoms with Gasteiger partial charge in [-0.3, -0.25) is 9.89 Å². The fourth-order valence-corrected chi connectivity index (χ4v) is 6.60. The van der Waals surface area contributed by atoms with Crippen LogP contribution in [0.2, 0.25) is 0 Å². The lowest BCUT2D eigenvalue weighted by atomic mass is 9.72. The molecular weight excluding hydrogens is 563 g/mol. The van der Waals surface area contributed by atoms with Gasteiger partial charge in [0, 0.05) is 36.7 Å². The number of amides is 1. The second kappa shape index (κ2) is 11.7. The number of carbonyl (C=O) groups excluding carboxylic acids is 1. The molecule has 4 aromatic rings. The van der Waals surface area contributed by atoms with E-state index >= 15 is 0 Å². The van der Waals surface area contributed by atoms with Crippen molar-refractivity contribution < 1.29 is 19.0 Å². The number of aromatic nitrogens is 6. The lowest BCUT2D eigenvalue weighted by Gasteiger charge is -2.40. The molecule has 4 heterocycles. The molecule has 0 saturated heterocycles. The highest BCUT2D eigenvalue weighted by molar-refractivity contribution is 5.85. The number of nitrogens with one attached hydrogen (secondary N) is 3. The quantitative estimate of drug-likeness (QED) is 0.220. The number of ether oxygens (including phenoxy) is 1. The average molecular weight is 603 g/mol. The first-order chi connectivity index (χ1) is 21.1. The summed E-state index contributed by atoms with van der Waals surface area (Å²) in [5.74, 6) is 1.33. The van der Waals surface area contributed by atoms with Crippen LogP contribution in [0.1, 0.15) is 92.4 Å². The number of nitrogens with zero attached hydrogens (tertiary/aromatic N) is 5. The van der Waals surface area contributed by atoms with E-state index in [-0.39, 0.29) is 17.9 Å². The summed E-state index contributed by atoms with van der Waals surface area (Å²) in [6.45, 7) is 5.72. The summed E-state index contributed by atoms with van der Waals surface area (Å²) < 4.78 is 20.6. The van der Waals surface area contributed by atoms with Crippen LogP contribution in [-0.4, -0.2) is 53.7 Å². The summed E-state index contributed by atoms with van der Waals surface area (Å²) >= 11 is 0. The van der Waals surface area contributed by atoms with Gasteiger partial charge in [-0.15, -0.1) is 0 Å². The van der Waals surface area contributed by atoms with Gasteiger partial charge in [-0.2, -0.15) is 10.2 Å². The van der Waals surface area contributed by atoms with E-state index < -0.39 is 17.0 Å². The minimum Gasteiger partial charge on any atom is -0.385 e. The maximum absolute atomic E-state index is 13.7. The summed E-state index contributed by atoms with van der Waals surface area (Å²) in [4.78, 5) is 23.1. The van der Waals surface area contributed by atoms with Crippen LogP contribution in [0.3, 0.4) is 0 Å². The van der Waals surface area contributed by atoms with Gasteiger partial charge in [0.15, 0.2) is 17.5 Å². The number of fused-ring (bicyclic) bond motifs is 1. The Balaban J connectivity index is 1.17. The van der Waals surface area contributed by atoms with Gasteiger partial charge in [0.05, 0.1) is 24.0 Å². The van der Waals surface area contributed by atoms with Gasteiger partial charge in [-0.05, 0) is 94.5 Å². The predicted octanol–water partition coefficient (Wildman–Crippen LogP) is 5.04. The third-order valence-electron chi connectivity index (χ3n) is 9.18. The summed E-state index contributed by atoms with van der Waals surface area (Å²) in [5.41, 5.74) is 2.87. The first kappa shape index (κ1) is 29.9. The van der Waals surface area contributed by atoms with E-state index in [1.165, 1.54) is 10.9 Å². The molecule has 2 aliphatic rings. The molecule has 1 unspecified atom stereocenters. The minimum atomic E-state index is -0.960.